The molecule has 0 amide bonds. The standard InChI is InChI=1S/2C5H5N.Cd.2ClH/c2*1-2-4-6-5-3-1;;;/h2*1-5H;;2*1H/q;;+2;;/p-2. The normalized spacial score (nSPS) is 7.07. The zero-order valence-corrected chi connectivity index (χ0v) is 13.7. The van der Waals surface area contributed by atoms with Crippen molar-refractivity contribution < 1.29 is 21.8 Å². The van der Waals surface area contributed by atoms with Crippen molar-refractivity contribution in [3.63, 3.8) is 0 Å². The minimum atomic E-state index is -1.07. The molecule has 0 bridgehead atoms. The van der Waals surface area contributed by atoms with Crippen molar-refractivity contribution in [1.29, 1.82) is 0 Å². The van der Waals surface area contributed by atoms with Gasteiger partial charge in [-0.1, -0.05) is 12.1 Å². The maximum atomic E-state index is 4.97. The summed E-state index contributed by atoms with van der Waals surface area (Å²) in [4.78, 5) is 7.57. The summed E-state index contributed by atoms with van der Waals surface area (Å²) >= 11 is -1.07. The van der Waals surface area contributed by atoms with Crippen LogP contribution in [0.1, 0.15) is 0 Å². The SMILES string of the molecule is [Cl][Cd][Cl].c1ccncc1.c1ccncc1. The van der Waals surface area contributed by atoms with Crippen molar-refractivity contribution in [3.05, 3.63) is 61.2 Å². The average molecular weight is 342 g/mol. The molecule has 0 aliphatic carbocycles. The van der Waals surface area contributed by atoms with Gasteiger partial charge in [0.25, 0.3) is 0 Å². The number of rotatable bonds is 0. The summed E-state index contributed by atoms with van der Waals surface area (Å²) in [7, 11) is 9.95. The summed E-state index contributed by atoms with van der Waals surface area (Å²) in [5.41, 5.74) is 0. The molecule has 2 heterocycles. The number of halogens is 2. The van der Waals surface area contributed by atoms with Gasteiger partial charge in [0.1, 0.15) is 0 Å². The van der Waals surface area contributed by atoms with Gasteiger partial charge < -0.3 is 0 Å². The number of nitrogens with zero attached hydrogens (tertiary/aromatic N) is 2. The van der Waals surface area contributed by atoms with Crippen molar-refractivity contribution in [3.8, 4) is 0 Å². The maximum Gasteiger partial charge on any atom is 0.0267 e. The van der Waals surface area contributed by atoms with Gasteiger partial charge in [0.2, 0.25) is 0 Å². The Bertz CT molecular complexity index is 210. The molecule has 15 heavy (non-hydrogen) atoms. The Morgan fingerprint density at radius 1 is 0.600 bits per heavy atom. The molecule has 0 spiro atoms. The summed E-state index contributed by atoms with van der Waals surface area (Å²) in [5.74, 6) is 0. The summed E-state index contributed by atoms with van der Waals surface area (Å²) < 4.78 is 0. The molecule has 0 aliphatic rings. The third-order valence-corrected chi connectivity index (χ3v) is 1.13. The first-order valence-electron chi connectivity index (χ1n) is 4.23. The summed E-state index contributed by atoms with van der Waals surface area (Å²) in [6.45, 7) is 0. The molecule has 5 heteroatoms. The van der Waals surface area contributed by atoms with Crippen LogP contribution in [0.5, 0.6) is 0 Å². The van der Waals surface area contributed by atoms with Crippen LogP contribution in [-0.4, -0.2) is 9.97 Å². The smallest absolute Gasteiger partial charge is 0.0267 e. The predicted molar refractivity (Wildman–Crippen MR) is 60.2 cm³/mol. The van der Waals surface area contributed by atoms with Crippen molar-refractivity contribution in [1.82, 2.24) is 9.97 Å². The van der Waals surface area contributed by atoms with Gasteiger partial charge in [-0.25, -0.2) is 0 Å². The monoisotopic (exact) mass is 342 g/mol. The summed E-state index contributed by atoms with van der Waals surface area (Å²) in [6.07, 6.45) is 7.00. The van der Waals surface area contributed by atoms with Gasteiger partial charge in [0.05, 0.1) is 0 Å². The molecule has 2 aromatic heterocycles. The van der Waals surface area contributed by atoms with E-state index in [0.717, 1.165) is 0 Å². The van der Waals surface area contributed by atoms with Gasteiger partial charge in [-0.05, 0) is 24.3 Å². The van der Waals surface area contributed by atoms with E-state index in [1.807, 2.05) is 36.4 Å². The summed E-state index contributed by atoms with van der Waals surface area (Å²) in [6, 6.07) is 11.4. The van der Waals surface area contributed by atoms with E-state index in [2.05, 4.69) is 9.97 Å². The molecule has 0 saturated carbocycles. The molecule has 0 N–H and O–H groups in total. The first-order valence-corrected chi connectivity index (χ1v) is 14.5. The number of hydrogen-bond acceptors (Lipinski definition) is 2. The second-order valence-electron chi connectivity index (χ2n) is 2.15. The Kier molecular flexibility index (Phi) is 13.6. The Hall–Kier alpha value is -0.198. The third kappa shape index (κ3) is 13.8. The Labute approximate surface area is 109 Å². The number of aromatic nitrogens is 2. The van der Waals surface area contributed by atoms with Crippen molar-refractivity contribution in [2.24, 2.45) is 0 Å². The van der Waals surface area contributed by atoms with Gasteiger partial charge in [0.15, 0.2) is 0 Å². The largest absolute Gasteiger partial charge is 0.265 e. The van der Waals surface area contributed by atoms with Crippen LogP contribution in [0, 0.1) is 0 Å². The van der Waals surface area contributed by atoms with E-state index in [1.54, 1.807) is 24.8 Å². The van der Waals surface area contributed by atoms with E-state index in [9.17, 15) is 0 Å². The molecule has 2 nitrogen and oxygen atoms in total. The van der Waals surface area contributed by atoms with Gasteiger partial charge in [0, 0.05) is 24.8 Å². The van der Waals surface area contributed by atoms with Crippen LogP contribution < -0.4 is 0 Å². The predicted octanol–water partition coefficient (Wildman–Crippen LogP) is 3.54. The first kappa shape index (κ1) is 14.8. The van der Waals surface area contributed by atoms with E-state index in [0.29, 0.717) is 0 Å². The third-order valence-electron chi connectivity index (χ3n) is 1.13. The van der Waals surface area contributed by atoms with Gasteiger partial charge in [-0.15, -0.1) is 0 Å². The van der Waals surface area contributed by atoms with Crippen LogP contribution in [-0.2, 0) is 21.8 Å². The van der Waals surface area contributed by atoms with Crippen molar-refractivity contribution in [2.75, 3.05) is 0 Å². The zero-order valence-electron chi connectivity index (χ0n) is 8.13. The molecule has 0 atom stereocenters. The van der Waals surface area contributed by atoms with Crippen molar-refractivity contribution >= 4 is 16.6 Å². The number of pyridine rings is 2. The van der Waals surface area contributed by atoms with E-state index in [4.69, 9.17) is 16.6 Å². The molecule has 0 radical (unpaired) electrons. The fourth-order valence-corrected chi connectivity index (χ4v) is 0.625. The first-order chi connectivity index (χ1) is 7.41. The van der Waals surface area contributed by atoms with Crippen LogP contribution in [0.3, 0.4) is 0 Å². The topological polar surface area (TPSA) is 25.8 Å². The molecule has 0 fully saturated rings. The molecular weight excluding hydrogens is 331 g/mol. The fraction of sp³-hybridized carbons (Fsp3) is 0. The fourth-order valence-electron chi connectivity index (χ4n) is 0.625. The second-order valence-corrected chi connectivity index (χ2v) is 8.15. The summed E-state index contributed by atoms with van der Waals surface area (Å²) in [5, 5.41) is 0. The molecule has 0 unspecified atom stereocenters. The zero-order chi connectivity index (χ0) is 11.2. The van der Waals surface area contributed by atoms with E-state index >= 15 is 0 Å². The molecule has 0 aliphatic heterocycles. The molecule has 76 valence electrons. The molecule has 0 aromatic carbocycles. The maximum absolute atomic E-state index is 4.97. The van der Waals surface area contributed by atoms with Crippen LogP contribution in [0.2, 0.25) is 0 Å². The Balaban J connectivity index is 0.000000210. The van der Waals surface area contributed by atoms with E-state index in [1.165, 1.54) is 0 Å². The van der Waals surface area contributed by atoms with Crippen LogP contribution >= 0.6 is 16.6 Å². The quantitative estimate of drug-likeness (QED) is 0.685. The van der Waals surface area contributed by atoms with Crippen LogP contribution in [0.25, 0.3) is 0 Å². The second kappa shape index (κ2) is 13.8. The number of hydrogen-bond donors (Lipinski definition) is 0. The molecule has 2 aromatic rings. The Morgan fingerprint density at radius 2 is 0.867 bits per heavy atom. The average Bonchev–Trinajstić information content (AvgIpc) is 2.35. The molecular formula is C10H10CdCl2N2. The molecule has 2 rings (SSSR count). The molecule has 0 saturated heterocycles. The Morgan fingerprint density at radius 3 is 0.933 bits per heavy atom. The van der Waals surface area contributed by atoms with Crippen LogP contribution in [0.15, 0.2) is 61.2 Å². The van der Waals surface area contributed by atoms with E-state index in [-0.39, 0.29) is 0 Å². The van der Waals surface area contributed by atoms with Crippen molar-refractivity contribution in [2.45, 2.75) is 0 Å². The van der Waals surface area contributed by atoms with Gasteiger partial charge >= 0.3 is 38.4 Å². The minimum absolute atomic E-state index is 1.07. The minimum Gasteiger partial charge on any atom is -0.265 e. The van der Waals surface area contributed by atoms with Crippen LogP contribution in [0.4, 0.5) is 0 Å². The van der Waals surface area contributed by atoms with Gasteiger partial charge in [-0.2, -0.15) is 0 Å². The van der Waals surface area contributed by atoms with Gasteiger partial charge in [-0.3, -0.25) is 9.97 Å². The van der Waals surface area contributed by atoms with E-state index < -0.39 is 21.8 Å².